The Kier molecular flexibility index (Phi) is 10.6. The molecule has 0 unspecified atom stereocenters. The number of ether oxygens (including phenoxy) is 2. The van der Waals surface area contributed by atoms with Gasteiger partial charge in [0.1, 0.15) is 24.8 Å². The first-order valence-corrected chi connectivity index (χ1v) is 18.7. The van der Waals surface area contributed by atoms with Crippen LogP contribution in [0.5, 0.6) is 5.75 Å². The molecule has 2 aliphatic heterocycles. The number of hydrogen-bond donors (Lipinski definition) is 1. The number of anilines is 1. The molecule has 1 amide bonds. The van der Waals surface area contributed by atoms with Crippen LogP contribution in [0.1, 0.15) is 79.2 Å². The lowest BCUT2D eigenvalue weighted by atomic mass is 9.70. The predicted molar refractivity (Wildman–Crippen MR) is 184 cm³/mol. The van der Waals surface area contributed by atoms with Crippen LogP contribution in [-0.2, 0) is 41.4 Å². The molecule has 3 aromatic rings. The molecule has 2 aromatic carbocycles. The molecule has 3 aliphatic rings. The Hall–Kier alpha value is -3.34. The van der Waals surface area contributed by atoms with E-state index in [1.165, 1.54) is 5.56 Å². The second kappa shape index (κ2) is 14.8. The number of amides is 1. The summed E-state index contributed by atoms with van der Waals surface area (Å²) < 4.78 is 44.2. The number of sulfonamides is 1. The molecule has 1 aliphatic carbocycles. The molecule has 0 spiro atoms. The molecular formula is C36H45ClN4O5S. The minimum atomic E-state index is -3.90. The summed E-state index contributed by atoms with van der Waals surface area (Å²) in [4.78, 5) is 20.3. The summed E-state index contributed by atoms with van der Waals surface area (Å²) in [6, 6.07) is 11.2. The van der Waals surface area contributed by atoms with Gasteiger partial charge in [0.15, 0.2) is 0 Å². The number of nitrogens with one attached hydrogen (secondary N) is 1. The third-order valence-electron chi connectivity index (χ3n) is 10.0. The van der Waals surface area contributed by atoms with Crippen molar-refractivity contribution in [2.24, 2.45) is 18.9 Å². The van der Waals surface area contributed by atoms with Crippen molar-refractivity contribution < 1.29 is 22.7 Å². The number of benzene rings is 2. The zero-order chi connectivity index (χ0) is 33.0. The van der Waals surface area contributed by atoms with E-state index < -0.39 is 21.2 Å². The van der Waals surface area contributed by atoms with E-state index >= 15 is 0 Å². The van der Waals surface area contributed by atoms with Gasteiger partial charge >= 0.3 is 0 Å². The first-order valence-electron chi connectivity index (χ1n) is 16.8. The molecule has 47 heavy (non-hydrogen) atoms. The van der Waals surface area contributed by atoms with Crippen molar-refractivity contribution in [1.29, 1.82) is 0 Å². The number of halogens is 1. The molecule has 0 saturated heterocycles. The zero-order valence-electron chi connectivity index (χ0n) is 27.2. The highest BCUT2D eigenvalue weighted by Gasteiger charge is 2.38. The number of fused-ring (bicyclic) bond motifs is 3. The van der Waals surface area contributed by atoms with E-state index in [0.717, 1.165) is 62.3 Å². The quantitative estimate of drug-likeness (QED) is 0.310. The Morgan fingerprint density at radius 1 is 1.11 bits per heavy atom. The predicted octanol–water partition coefficient (Wildman–Crippen LogP) is 6.60. The molecule has 1 N–H and O–H groups in total. The fourth-order valence-electron chi connectivity index (χ4n) is 7.01. The fraction of sp³-hybridized carbons (Fsp3) is 0.500. The Morgan fingerprint density at radius 2 is 1.98 bits per heavy atom. The van der Waals surface area contributed by atoms with Crippen LogP contribution in [0.25, 0.3) is 0 Å². The SMILES string of the molecule is CC[C@@H]1CC/C=C/[C@H](OCc2nccn2C)[C@@H]2CC[C@H]2CN2CCCCc3cc(Cl)ccc3COc3ccc(cc32)C(=O)NS1(=O)=O. The molecule has 4 atom stereocenters. The Morgan fingerprint density at radius 3 is 2.74 bits per heavy atom. The van der Waals surface area contributed by atoms with Crippen LogP contribution in [0.2, 0.25) is 5.02 Å². The van der Waals surface area contributed by atoms with Gasteiger partial charge in [-0.2, -0.15) is 0 Å². The fourth-order valence-corrected chi connectivity index (χ4v) is 8.63. The maximum absolute atomic E-state index is 13.5. The van der Waals surface area contributed by atoms with E-state index in [2.05, 4.69) is 26.8 Å². The summed E-state index contributed by atoms with van der Waals surface area (Å²) in [5, 5.41) is 0.0198. The van der Waals surface area contributed by atoms with Gasteiger partial charge in [0.25, 0.3) is 5.91 Å². The van der Waals surface area contributed by atoms with Crippen molar-refractivity contribution >= 4 is 33.2 Å². The molecule has 1 fully saturated rings. The van der Waals surface area contributed by atoms with Crippen LogP contribution in [0.15, 0.2) is 60.9 Å². The number of rotatable bonds is 4. The minimum Gasteiger partial charge on any atom is -0.487 e. The van der Waals surface area contributed by atoms with Gasteiger partial charge in [0, 0.05) is 43.1 Å². The molecule has 2 bridgehead atoms. The summed E-state index contributed by atoms with van der Waals surface area (Å²) in [7, 11) is -1.93. The highest BCUT2D eigenvalue weighted by Crippen LogP contribution is 2.42. The number of hydrogen-bond acceptors (Lipinski definition) is 7. The number of nitrogens with zero attached hydrogens (tertiary/aromatic N) is 3. The highest BCUT2D eigenvalue weighted by molar-refractivity contribution is 7.90. The molecule has 6 rings (SSSR count). The van der Waals surface area contributed by atoms with Crippen LogP contribution in [-0.4, -0.2) is 48.3 Å². The molecule has 0 radical (unpaired) electrons. The third-order valence-corrected chi connectivity index (χ3v) is 12.2. The van der Waals surface area contributed by atoms with Crippen LogP contribution in [0.4, 0.5) is 5.69 Å². The number of imidazole rings is 1. The van der Waals surface area contributed by atoms with Gasteiger partial charge < -0.3 is 18.9 Å². The van der Waals surface area contributed by atoms with Crippen molar-refractivity contribution in [2.75, 3.05) is 18.0 Å². The van der Waals surface area contributed by atoms with E-state index in [9.17, 15) is 13.2 Å². The normalized spacial score (nSPS) is 25.6. The summed E-state index contributed by atoms with van der Waals surface area (Å²) in [6.45, 7) is 4.15. The second-order valence-electron chi connectivity index (χ2n) is 13.0. The standard InChI is InChI=1S/C36H45ClN4O5S/c1-3-30-9-4-5-10-33(46-24-35-38-17-19-40(35)2)31-15-12-27(31)22-41-18-7-6-8-25-20-29(37)14-11-28(25)23-45-34-16-13-26(21-32(34)41)36(42)39-47(30,43)44/h5,10-11,13-14,16-17,19-21,27,30-31,33H,3-4,6-9,12,15,18,22-24H2,1-2H3,(H,39,42)/b10-5+/t27-,30+,31+,33-/m0/s1. The summed E-state index contributed by atoms with van der Waals surface area (Å²) in [6.07, 6.45) is 14.1. The zero-order valence-corrected chi connectivity index (χ0v) is 28.8. The van der Waals surface area contributed by atoms with Crippen molar-refractivity contribution in [1.82, 2.24) is 14.3 Å². The van der Waals surface area contributed by atoms with Gasteiger partial charge in [-0.05, 0) is 105 Å². The number of allylic oxidation sites excluding steroid dienone is 1. The minimum absolute atomic E-state index is 0.125. The Labute approximate surface area is 283 Å². The summed E-state index contributed by atoms with van der Waals surface area (Å²) in [5.41, 5.74) is 3.37. The van der Waals surface area contributed by atoms with E-state index in [-0.39, 0.29) is 6.10 Å². The van der Waals surface area contributed by atoms with E-state index in [1.807, 2.05) is 42.9 Å². The van der Waals surface area contributed by atoms with Crippen LogP contribution in [0, 0.1) is 11.8 Å². The molecule has 9 nitrogen and oxygen atoms in total. The maximum atomic E-state index is 13.5. The smallest absolute Gasteiger partial charge is 0.264 e. The molecule has 252 valence electrons. The van der Waals surface area contributed by atoms with Crippen molar-refractivity contribution in [3.63, 3.8) is 0 Å². The molecule has 11 heteroatoms. The molecule has 1 saturated carbocycles. The Bertz CT molecular complexity index is 1710. The van der Waals surface area contributed by atoms with E-state index in [1.54, 1.807) is 24.4 Å². The number of aromatic nitrogens is 2. The lowest BCUT2D eigenvalue weighted by molar-refractivity contribution is -0.0253. The summed E-state index contributed by atoms with van der Waals surface area (Å²) >= 11 is 6.36. The van der Waals surface area contributed by atoms with E-state index in [0.29, 0.717) is 60.6 Å². The summed E-state index contributed by atoms with van der Waals surface area (Å²) in [5.74, 6) is 1.58. The van der Waals surface area contributed by atoms with Crippen LogP contribution >= 0.6 is 11.6 Å². The maximum Gasteiger partial charge on any atom is 0.264 e. The Balaban J connectivity index is 1.35. The number of aryl methyl sites for hydroxylation is 2. The third kappa shape index (κ3) is 7.87. The lowest BCUT2D eigenvalue weighted by Gasteiger charge is -2.44. The first kappa shape index (κ1) is 33.6. The van der Waals surface area contributed by atoms with Gasteiger partial charge in [-0.15, -0.1) is 0 Å². The largest absolute Gasteiger partial charge is 0.487 e. The molecule has 1 aromatic heterocycles. The van der Waals surface area contributed by atoms with Gasteiger partial charge in [0.05, 0.1) is 17.0 Å². The van der Waals surface area contributed by atoms with Crippen LogP contribution < -0.4 is 14.4 Å². The second-order valence-corrected chi connectivity index (χ2v) is 15.4. The van der Waals surface area contributed by atoms with Crippen molar-refractivity contribution in [3.05, 3.63) is 88.5 Å². The van der Waals surface area contributed by atoms with Gasteiger partial charge in [-0.3, -0.25) is 4.79 Å². The number of carbonyl (C=O) groups excluding carboxylic acids is 1. The van der Waals surface area contributed by atoms with Crippen molar-refractivity contribution in [2.45, 2.75) is 82.9 Å². The first-order chi connectivity index (χ1) is 22.7. The number of carbonyl (C=O) groups is 1. The van der Waals surface area contributed by atoms with Crippen molar-refractivity contribution in [3.8, 4) is 5.75 Å². The van der Waals surface area contributed by atoms with Crippen LogP contribution in [0.3, 0.4) is 0 Å². The van der Waals surface area contributed by atoms with Gasteiger partial charge in [-0.25, -0.2) is 18.1 Å². The average molecular weight is 681 g/mol. The highest BCUT2D eigenvalue weighted by atomic mass is 35.5. The lowest BCUT2D eigenvalue weighted by Crippen LogP contribution is -2.44. The van der Waals surface area contributed by atoms with E-state index in [4.69, 9.17) is 21.1 Å². The topological polar surface area (TPSA) is 103 Å². The van der Waals surface area contributed by atoms with Gasteiger partial charge in [-0.1, -0.05) is 36.7 Å². The monoisotopic (exact) mass is 680 g/mol. The molecule has 3 heterocycles. The molecular weight excluding hydrogens is 636 g/mol. The van der Waals surface area contributed by atoms with Gasteiger partial charge in [0.2, 0.25) is 10.0 Å². The average Bonchev–Trinajstić information content (AvgIpc) is 3.44.